The number of halogens is 5. The molecule has 4 rings (SSSR count). The number of nitrogens with zero attached hydrogens (tertiary/aromatic N) is 4. The second-order valence-corrected chi connectivity index (χ2v) is 7.49. The number of rotatable bonds is 5. The Kier molecular flexibility index (Phi) is 8.20. The van der Waals surface area contributed by atoms with Crippen molar-refractivity contribution in [2.75, 3.05) is 32.5 Å². The summed E-state index contributed by atoms with van der Waals surface area (Å²) < 4.78 is 40.8. The summed E-state index contributed by atoms with van der Waals surface area (Å²) in [5, 5.41) is 13.3. The van der Waals surface area contributed by atoms with E-state index in [0.29, 0.717) is 28.9 Å². The standard InChI is InChI=1S/C23H20F3N5.2ClH/c1-30(2)12-11-28-21-13-17(15-7-9-16(10-8-15)23(24,25)26)18(14-27)22-29-19-5-3-4-6-20(19)31(21)22;;/h3-10,13,28H,11-12H2,1-2H3;2*1H. The summed E-state index contributed by atoms with van der Waals surface area (Å²) in [6, 6.07) is 16.4. The number of alkyl halides is 3. The molecule has 10 heteroatoms. The number of imidazole rings is 1. The van der Waals surface area contributed by atoms with Crippen molar-refractivity contribution in [3.8, 4) is 17.2 Å². The van der Waals surface area contributed by atoms with E-state index in [-0.39, 0.29) is 24.8 Å². The molecule has 0 aliphatic rings. The largest absolute Gasteiger partial charge is 0.416 e. The fourth-order valence-electron chi connectivity index (χ4n) is 3.55. The van der Waals surface area contributed by atoms with Gasteiger partial charge in [-0.3, -0.25) is 4.40 Å². The number of para-hydroxylation sites is 2. The van der Waals surface area contributed by atoms with Gasteiger partial charge in [0.1, 0.15) is 17.5 Å². The van der Waals surface area contributed by atoms with Crippen LogP contribution in [-0.4, -0.2) is 41.5 Å². The maximum atomic E-state index is 13.0. The Labute approximate surface area is 201 Å². The van der Waals surface area contributed by atoms with E-state index in [0.717, 1.165) is 35.5 Å². The molecule has 0 aliphatic heterocycles. The van der Waals surface area contributed by atoms with Crippen molar-refractivity contribution < 1.29 is 13.2 Å². The minimum atomic E-state index is -4.42. The molecule has 1 N–H and O–H groups in total. The number of hydrogen-bond donors (Lipinski definition) is 1. The number of pyridine rings is 1. The van der Waals surface area contributed by atoms with Crippen LogP contribution >= 0.6 is 24.8 Å². The van der Waals surface area contributed by atoms with Crippen LogP contribution in [0.5, 0.6) is 0 Å². The lowest BCUT2D eigenvalue weighted by atomic mass is 10.00. The van der Waals surface area contributed by atoms with Crippen LogP contribution < -0.4 is 5.32 Å². The molecule has 5 nitrogen and oxygen atoms in total. The molecule has 0 unspecified atom stereocenters. The van der Waals surface area contributed by atoms with Crippen molar-refractivity contribution in [1.82, 2.24) is 14.3 Å². The number of anilines is 1. The molecule has 0 saturated carbocycles. The molecule has 0 atom stereocenters. The van der Waals surface area contributed by atoms with Gasteiger partial charge in [0.15, 0.2) is 5.65 Å². The molecular formula is C23H22Cl2F3N5. The van der Waals surface area contributed by atoms with Crippen LogP contribution in [0.3, 0.4) is 0 Å². The van der Waals surface area contributed by atoms with Gasteiger partial charge >= 0.3 is 6.18 Å². The van der Waals surface area contributed by atoms with Crippen molar-refractivity contribution in [1.29, 1.82) is 5.26 Å². The first-order chi connectivity index (χ1) is 14.8. The van der Waals surface area contributed by atoms with Gasteiger partial charge in [-0.1, -0.05) is 24.3 Å². The van der Waals surface area contributed by atoms with Gasteiger partial charge in [0.2, 0.25) is 0 Å². The molecule has 33 heavy (non-hydrogen) atoms. The van der Waals surface area contributed by atoms with Crippen molar-refractivity contribution in [2.24, 2.45) is 0 Å². The molecule has 0 aliphatic carbocycles. The first kappa shape index (κ1) is 26.3. The minimum absolute atomic E-state index is 0. The zero-order chi connectivity index (χ0) is 22.2. The predicted octanol–water partition coefficient (Wildman–Crippen LogP) is 5.86. The van der Waals surface area contributed by atoms with Gasteiger partial charge in [0, 0.05) is 18.7 Å². The van der Waals surface area contributed by atoms with Gasteiger partial charge in [0.25, 0.3) is 0 Å². The summed E-state index contributed by atoms with van der Waals surface area (Å²) in [4.78, 5) is 6.68. The Morgan fingerprint density at radius 3 is 2.33 bits per heavy atom. The lowest BCUT2D eigenvalue weighted by molar-refractivity contribution is -0.137. The zero-order valence-corrected chi connectivity index (χ0v) is 19.5. The zero-order valence-electron chi connectivity index (χ0n) is 17.8. The summed E-state index contributed by atoms with van der Waals surface area (Å²) in [6.07, 6.45) is -4.42. The lowest BCUT2D eigenvalue weighted by Gasteiger charge is -2.16. The highest BCUT2D eigenvalue weighted by Gasteiger charge is 2.30. The Morgan fingerprint density at radius 2 is 1.73 bits per heavy atom. The molecule has 4 aromatic rings. The van der Waals surface area contributed by atoms with E-state index in [4.69, 9.17) is 0 Å². The molecule has 0 spiro atoms. The average molecular weight is 496 g/mol. The van der Waals surface area contributed by atoms with Crippen LogP contribution in [0.4, 0.5) is 19.0 Å². The summed E-state index contributed by atoms with van der Waals surface area (Å²) in [5.41, 5.74) is 2.69. The maximum Gasteiger partial charge on any atom is 0.416 e. The van der Waals surface area contributed by atoms with Crippen LogP contribution in [0.15, 0.2) is 54.6 Å². The molecule has 2 heterocycles. The van der Waals surface area contributed by atoms with Crippen LogP contribution in [0, 0.1) is 11.3 Å². The highest BCUT2D eigenvalue weighted by molar-refractivity contribution is 5.89. The SMILES string of the molecule is CN(C)CCNc1cc(-c2ccc(C(F)(F)F)cc2)c(C#N)c2nc3ccccc3n12.Cl.Cl. The first-order valence-corrected chi connectivity index (χ1v) is 9.70. The number of hydrogen-bond acceptors (Lipinski definition) is 4. The monoisotopic (exact) mass is 495 g/mol. The van der Waals surface area contributed by atoms with E-state index in [1.165, 1.54) is 12.1 Å². The predicted molar refractivity (Wildman–Crippen MR) is 129 cm³/mol. The van der Waals surface area contributed by atoms with Gasteiger partial charge in [-0.2, -0.15) is 18.4 Å². The van der Waals surface area contributed by atoms with Crippen molar-refractivity contribution in [3.05, 3.63) is 65.7 Å². The molecule has 174 valence electrons. The second-order valence-electron chi connectivity index (χ2n) is 7.49. The van der Waals surface area contributed by atoms with E-state index in [9.17, 15) is 18.4 Å². The van der Waals surface area contributed by atoms with Crippen molar-refractivity contribution >= 4 is 47.3 Å². The summed E-state index contributed by atoms with van der Waals surface area (Å²) in [5.74, 6) is 0.722. The molecular weight excluding hydrogens is 474 g/mol. The molecule has 2 aromatic heterocycles. The van der Waals surface area contributed by atoms with Crippen LogP contribution in [-0.2, 0) is 6.18 Å². The normalized spacial score (nSPS) is 11.2. The number of nitriles is 1. The van der Waals surface area contributed by atoms with Crippen molar-refractivity contribution in [3.63, 3.8) is 0 Å². The quantitative estimate of drug-likeness (QED) is 0.376. The lowest BCUT2D eigenvalue weighted by Crippen LogP contribution is -2.21. The smallest absolute Gasteiger partial charge is 0.370 e. The minimum Gasteiger partial charge on any atom is -0.370 e. The summed E-state index contributed by atoms with van der Waals surface area (Å²) in [7, 11) is 3.94. The molecule has 2 aromatic carbocycles. The summed E-state index contributed by atoms with van der Waals surface area (Å²) in [6.45, 7) is 1.43. The van der Waals surface area contributed by atoms with Gasteiger partial charge in [-0.15, -0.1) is 24.8 Å². The Balaban J connectivity index is 0.00000193. The van der Waals surface area contributed by atoms with E-state index in [1.54, 1.807) is 6.07 Å². The maximum absolute atomic E-state index is 13.0. The Hall–Kier alpha value is -2.99. The number of benzene rings is 2. The van der Waals surface area contributed by atoms with E-state index in [2.05, 4.69) is 16.4 Å². The van der Waals surface area contributed by atoms with Crippen LogP contribution in [0.2, 0.25) is 0 Å². The van der Waals surface area contributed by atoms with Gasteiger partial charge in [-0.25, -0.2) is 4.98 Å². The summed E-state index contributed by atoms with van der Waals surface area (Å²) >= 11 is 0. The second kappa shape index (κ2) is 10.3. The van der Waals surface area contributed by atoms with E-state index < -0.39 is 11.7 Å². The van der Waals surface area contributed by atoms with E-state index >= 15 is 0 Å². The fraction of sp³-hybridized carbons (Fsp3) is 0.217. The highest BCUT2D eigenvalue weighted by Crippen LogP contribution is 2.35. The Bertz CT molecular complexity index is 1290. The van der Waals surface area contributed by atoms with Gasteiger partial charge in [0.05, 0.1) is 16.6 Å². The van der Waals surface area contributed by atoms with Crippen LogP contribution in [0.1, 0.15) is 11.1 Å². The first-order valence-electron chi connectivity index (χ1n) is 9.70. The van der Waals surface area contributed by atoms with E-state index in [1.807, 2.05) is 47.7 Å². The third-order valence-corrected chi connectivity index (χ3v) is 5.08. The third-order valence-electron chi connectivity index (χ3n) is 5.08. The molecule has 0 saturated heterocycles. The molecule has 0 radical (unpaired) electrons. The van der Waals surface area contributed by atoms with Gasteiger partial charge in [-0.05, 0) is 50.0 Å². The third kappa shape index (κ3) is 5.17. The Morgan fingerprint density at radius 1 is 1.06 bits per heavy atom. The number of nitrogens with one attached hydrogen (secondary N) is 1. The molecule has 0 fully saturated rings. The number of aromatic nitrogens is 2. The highest BCUT2D eigenvalue weighted by atomic mass is 35.5. The topological polar surface area (TPSA) is 56.4 Å². The molecule has 0 bridgehead atoms. The van der Waals surface area contributed by atoms with Crippen molar-refractivity contribution in [2.45, 2.75) is 6.18 Å². The van der Waals surface area contributed by atoms with Crippen LogP contribution in [0.25, 0.3) is 27.8 Å². The number of fused-ring (bicyclic) bond motifs is 3. The fourth-order valence-corrected chi connectivity index (χ4v) is 3.55. The van der Waals surface area contributed by atoms with Gasteiger partial charge < -0.3 is 10.2 Å². The number of likely N-dealkylation sites (N-methyl/N-ethyl adjacent to an activating group) is 1. The molecule has 0 amide bonds. The average Bonchev–Trinajstić information content (AvgIpc) is 3.12.